The Kier molecular flexibility index (Phi) is 7.90. The molecule has 158 valence electrons. The van der Waals surface area contributed by atoms with Crippen molar-refractivity contribution in [3.05, 3.63) is 63.4 Å². The zero-order chi connectivity index (χ0) is 21.5. The number of aliphatic carboxylic acids is 1. The molecule has 0 aliphatic heterocycles. The van der Waals surface area contributed by atoms with Gasteiger partial charge in [-0.15, -0.1) is 0 Å². The van der Waals surface area contributed by atoms with Crippen molar-refractivity contribution >= 4 is 40.5 Å². The third-order valence-corrected chi connectivity index (χ3v) is 6.26. The van der Waals surface area contributed by atoms with Crippen molar-refractivity contribution in [1.82, 2.24) is 5.32 Å². The number of hydrogen-bond acceptors (Lipinski definition) is 3. The first-order valence-electron chi connectivity index (χ1n) is 10.2. The van der Waals surface area contributed by atoms with E-state index in [0.29, 0.717) is 23.7 Å². The number of hydrogen-bond donors (Lipinski definition) is 2. The first-order valence-corrected chi connectivity index (χ1v) is 11.3. The molecule has 0 spiro atoms. The van der Waals surface area contributed by atoms with Crippen LogP contribution >= 0.6 is 22.6 Å². The highest BCUT2D eigenvalue weighted by molar-refractivity contribution is 14.1. The third-order valence-electron chi connectivity index (χ3n) is 5.37. The van der Waals surface area contributed by atoms with Crippen molar-refractivity contribution in [3.63, 3.8) is 0 Å². The van der Waals surface area contributed by atoms with Crippen LogP contribution < -0.4 is 10.1 Å². The standard InChI is InChI=1S/C24H26INO4/c1-16-6-8-18(9-7-16)15-23(27)26-21(24(28)29)14-17-10-12-19(13-11-17)30-22-5-3-2-4-20(22)25/h2-5,10-14,16,18H,6-9,15H2,1H3,(H,26,27)(H,28,29)/b21-14-. The Morgan fingerprint density at radius 1 is 1.10 bits per heavy atom. The molecule has 1 saturated carbocycles. The molecule has 1 aliphatic carbocycles. The largest absolute Gasteiger partial charge is 0.477 e. The van der Waals surface area contributed by atoms with E-state index in [0.717, 1.165) is 40.9 Å². The van der Waals surface area contributed by atoms with Crippen LogP contribution in [0.1, 0.15) is 44.6 Å². The van der Waals surface area contributed by atoms with Crippen molar-refractivity contribution in [2.24, 2.45) is 11.8 Å². The van der Waals surface area contributed by atoms with Gasteiger partial charge in [0.1, 0.15) is 17.2 Å². The molecule has 0 atom stereocenters. The van der Waals surface area contributed by atoms with E-state index in [1.807, 2.05) is 24.3 Å². The molecule has 1 amide bonds. The Morgan fingerprint density at radius 3 is 2.40 bits per heavy atom. The van der Waals surface area contributed by atoms with Crippen LogP contribution in [-0.2, 0) is 9.59 Å². The first kappa shape index (κ1) is 22.3. The summed E-state index contributed by atoms with van der Waals surface area (Å²) in [5.41, 5.74) is 0.560. The van der Waals surface area contributed by atoms with Crippen LogP contribution in [0.25, 0.3) is 6.08 Å². The van der Waals surface area contributed by atoms with Gasteiger partial charge in [0.25, 0.3) is 0 Å². The van der Waals surface area contributed by atoms with E-state index in [1.54, 1.807) is 24.3 Å². The number of amides is 1. The van der Waals surface area contributed by atoms with Crippen molar-refractivity contribution in [2.75, 3.05) is 0 Å². The number of nitrogens with one attached hydrogen (secondary N) is 1. The minimum atomic E-state index is -1.15. The molecular weight excluding hydrogens is 493 g/mol. The Bertz CT molecular complexity index is 915. The lowest BCUT2D eigenvalue weighted by Crippen LogP contribution is -2.29. The van der Waals surface area contributed by atoms with Gasteiger partial charge in [0.15, 0.2) is 0 Å². The molecule has 2 N–H and O–H groups in total. The van der Waals surface area contributed by atoms with E-state index in [-0.39, 0.29) is 11.6 Å². The molecule has 0 bridgehead atoms. The summed E-state index contributed by atoms with van der Waals surface area (Å²) in [4.78, 5) is 24.0. The third kappa shape index (κ3) is 6.58. The van der Waals surface area contributed by atoms with Crippen LogP contribution in [0.2, 0.25) is 0 Å². The molecule has 1 aliphatic rings. The van der Waals surface area contributed by atoms with E-state index in [2.05, 4.69) is 34.8 Å². The Labute approximate surface area is 190 Å². The number of rotatable bonds is 7. The van der Waals surface area contributed by atoms with E-state index >= 15 is 0 Å². The van der Waals surface area contributed by atoms with Gasteiger partial charge in [0, 0.05) is 6.42 Å². The van der Waals surface area contributed by atoms with Crippen LogP contribution in [0.5, 0.6) is 11.5 Å². The maximum Gasteiger partial charge on any atom is 0.352 e. The van der Waals surface area contributed by atoms with Crippen LogP contribution in [-0.4, -0.2) is 17.0 Å². The maximum atomic E-state index is 12.4. The summed E-state index contributed by atoms with van der Waals surface area (Å²) < 4.78 is 6.86. The number of carbonyl (C=O) groups is 2. The van der Waals surface area contributed by atoms with Gasteiger partial charge in [0.2, 0.25) is 5.91 Å². The maximum absolute atomic E-state index is 12.4. The highest BCUT2D eigenvalue weighted by Crippen LogP contribution is 2.30. The minimum absolute atomic E-state index is 0.115. The van der Waals surface area contributed by atoms with E-state index in [4.69, 9.17) is 4.74 Å². The summed E-state index contributed by atoms with van der Waals surface area (Å²) in [6.45, 7) is 2.23. The lowest BCUT2D eigenvalue weighted by molar-refractivity contribution is -0.134. The SMILES string of the molecule is CC1CCC(CC(=O)N/C(=C\c2ccc(Oc3ccccc3I)cc2)C(=O)O)CC1. The van der Waals surface area contributed by atoms with Gasteiger partial charge in [-0.05, 0) is 83.2 Å². The molecule has 3 rings (SSSR count). The number of ether oxygens (including phenoxy) is 1. The van der Waals surface area contributed by atoms with Crippen molar-refractivity contribution < 1.29 is 19.4 Å². The predicted molar refractivity (Wildman–Crippen MR) is 125 cm³/mol. The monoisotopic (exact) mass is 519 g/mol. The molecule has 0 heterocycles. The summed E-state index contributed by atoms with van der Waals surface area (Å²) in [5, 5.41) is 12.1. The number of halogens is 1. The fourth-order valence-corrected chi connectivity index (χ4v) is 4.10. The highest BCUT2D eigenvalue weighted by Gasteiger charge is 2.22. The molecule has 1 fully saturated rings. The minimum Gasteiger partial charge on any atom is -0.477 e. The van der Waals surface area contributed by atoms with E-state index < -0.39 is 5.97 Å². The highest BCUT2D eigenvalue weighted by atomic mass is 127. The van der Waals surface area contributed by atoms with Crippen molar-refractivity contribution in [1.29, 1.82) is 0 Å². The van der Waals surface area contributed by atoms with Crippen molar-refractivity contribution in [2.45, 2.75) is 39.0 Å². The van der Waals surface area contributed by atoms with Gasteiger partial charge >= 0.3 is 5.97 Å². The number of para-hydroxylation sites is 1. The Hall–Kier alpha value is -2.35. The smallest absolute Gasteiger partial charge is 0.352 e. The van der Waals surface area contributed by atoms with Gasteiger partial charge in [0.05, 0.1) is 3.57 Å². The second kappa shape index (κ2) is 10.6. The molecule has 0 radical (unpaired) electrons. The van der Waals surface area contributed by atoms with Gasteiger partial charge < -0.3 is 15.2 Å². The molecule has 0 unspecified atom stereocenters. The molecule has 6 heteroatoms. The molecule has 0 saturated heterocycles. The average molecular weight is 519 g/mol. The molecule has 2 aromatic rings. The first-order chi connectivity index (χ1) is 14.4. The summed E-state index contributed by atoms with van der Waals surface area (Å²) in [7, 11) is 0. The van der Waals surface area contributed by atoms with E-state index in [1.165, 1.54) is 6.08 Å². The second-order valence-corrected chi connectivity index (χ2v) is 9.01. The number of carbonyl (C=O) groups excluding carboxylic acids is 1. The summed E-state index contributed by atoms with van der Waals surface area (Å²) >= 11 is 2.21. The Morgan fingerprint density at radius 2 is 1.77 bits per heavy atom. The quantitative estimate of drug-likeness (QED) is 0.356. The van der Waals surface area contributed by atoms with Crippen LogP contribution in [0, 0.1) is 15.4 Å². The predicted octanol–water partition coefficient (Wildman–Crippen LogP) is 5.84. The molecule has 5 nitrogen and oxygen atoms in total. The fraction of sp³-hybridized carbons (Fsp3) is 0.333. The lowest BCUT2D eigenvalue weighted by atomic mass is 9.81. The fourth-order valence-electron chi connectivity index (χ4n) is 3.60. The van der Waals surface area contributed by atoms with Crippen molar-refractivity contribution in [3.8, 4) is 11.5 Å². The van der Waals surface area contributed by atoms with Crippen LogP contribution in [0.4, 0.5) is 0 Å². The normalized spacial score (nSPS) is 19.2. The second-order valence-electron chi connectivity index (χ2n) is 7.84. The average Bonchev–Trinajstić information content (AvgIpc) is 2.72. The summed E-state index contributed by atoms with van der Waals surface area (Å²) in [5.74, 6) is 1.09. The molecule has 2 aromatic carbocycles. The van der Waals surface area contributed by atoms with Gasteiger partial charge in [-0.3, -0.25) is 4.79 Å². The molecular formula is C24H26INO4. The summed E-state index contributed by atoms with van der Waals surface area (Å²) in [6, 6.07) is 14.8. The molecule has 30 heavy (non-hydrogen) atoms. The van der Waals surface area contributed by atoms with Gasteiger partial charge in [-0.1, -0.05) is 44.0 Å². The summed E-state index contributed by atoms with van der Waals surface area (Å²) in [6.07, 6.45) is 6.18. The molecule has 0 aromatic heterocycles. The number of carboxylic acid groups (broad SMARTS) is 1. The number of carboxylic acids is 1. The Balaban J connectivity index is 1.62. The topological polar surface area (TPSA) is 75.6 Å². The van der Waals surface area contributed by atoms with E-state index in [9.17, 15) is 14.7 Å². The zero-order valence-electron chi connectivity index (χ0n) is 16.9. The van der Waals surface area contributed by atoms with Crippen LogP contribution in [0.3, 0.4) is 0 Å². The van der Waals surface area contributed by atoms with Gasteiger partial charge in [-0.2, -0.15) is 0 Å². The van der Waals surface area contributed by atoms with Gasteiger partial charge in [-0.25, -0.2) is 4.79 Å². The number of benzene rings is 2. The van der Waals surface area contributed by atoms with Crippen LogP contribution in [0.15, 0.2) is 54.2 Å². The zero-order valence-corrected chi connectivity index (χ0v) is 19.1. The lowest BCUT2D eigenvalue weighted by Gasteiger charge is -2.25.